The van der Waals surface area contributed by atoms with Crippen molar-refractivity contribution in [2.45, 2.75) is 68.4 Å². The lowest BCUT2D eigenvalue weighted by Crippen LogP contribution is -2.56. The Hall–Kier alpha value is -1.62. The number of rotatable bonds is 10. The molecule has 2 N–H and O–H groups in total. The number of benzene rings is 1. The number of carbonyl (C=O) groups is 1. The molecule has 1 aliphatic carbocycles. The van der Waals surface area contributed by atoms with E-state index in [1.165, 1.54) is 0 Å². The van der Waals surface area contributed by atoms with E-state index < -0.39 is 21.8 Å². The summed E-state index contributed by atoms with van der Waals surface area (Å²) in [6.07, 6.45) is 5.48. The zero-order chi connectivity index (χ0) is 22.3. The Bertz CT molecular complexity index is 816. The van der Waals surface area contributed by atoms with Gasteiger partial charge in [-0.05, 0) is 62.6 Å². The van der Waals surface area contributed by atoms with E-state index in [1.54, 1.807) is 0 Å². The van der Waals surface area contributed by atoms with Crippen molar-refractivity contribution in [1.82, 2.24) is 10.0 Å². The molecule has 10 heteroatoms. The topological polar surface area (TPSA) is 93.7 Å². The number of aldehydes is 1. The van der Waals surface area contributed by atoms with Crippen LogP contribution in [0.2, 0.25) is 0 Å². The molecule has 0 radical (unpaired) electrons. The fourth-order valence-corrected chi connectivity index (χ4v) is 5.19. The molecule has 174 valence electrons. The third kappa shape index (κ3) is 6.68. The molecule has 7 nitrogen and oxygen atoms in total. The number of sulfonamides is 1. The first-order valence-corrected chi connectivity index (χ1v) is 12.2. The first-order chi connectivity index (χ1) is 14.9. The first-order valence-electron chi connectivity index (χ1n) is 10.7. The highest BCUT2D eigenvalue weighted by molar-refractivity contribution is 7.89. The summed E-state index contributed by atoms with van der Waals surface area (Å²) in [5.74, 6) is -2.38. The van der Waals surface area contributed by atoms with Crippen LogP contribution < -0.4 is 14.8 Å². The molecule has 2 fully saturated rings. The van der Waals surface area contributed by atoms with Crippen LogP contribution in [0.4, 0.5) is 8.78 Å². The summed E-state index contributed by atoms with van der Waals surface area (Å²) in [5.41, 5.74) is 1.10. The van der Waals surface area contributed by atoms with Crippen LogP contribution in [0.1, 0.15) is 50.0 Å². The minimum atomic E-state index is -4.64. The molecule has 3 rings (SSSR count). The average Bonchev–Trinajstić information content (AvgIpc) is 2.77. The minimum absolute atomic E-state index is 0.0281. The van der Waals surface area contributed by atoms with Gasteiger partial charge >= 0.3 is 5.76 Å². The molecule has 31 heavy (non-hydrogen) atoms. The lowest BCUT2D eigenvalue weighted by atomic mass is 9.82. The van der Waals surface area contributed by atoms with Gasteiger partial charge in [-0.2, -0.15) is 8.78 Å². The molecule has 0 aromatic heterocycles. The van der Waals surface area contributed by atoms with E-state index in [0.29, 0.717) is 25.3 Å². The number of piperidine rings is 1. The molecule has 1 aromatic rings. The van der Waals surface area contributed by atoms with Gasteiger partial charge in [-0.25, -0.2) is 13.1 Å². The number of hydrogen-bond donors (Lipinski definition) is 2. The molecule has 0 amide bonds. The number of halogens is 2. The number of ether oxygens (including phenoxy) is 2. The van der Waals surface area contributed by atoms with Gasteiger partial charge in [0.05, 0.1) is 12.7 Å². The third-order valence-corrected chi connectivity index (χ3v) is 7.09. The molecule has 1 saturated heterocycles. The predicted octanol–water partition coefficient (Wildman–Crippen LogP) is 2.57. The number of para-hydroxylation sites is 1. The van der Waals surface area contributed by atoms with Crippen LogP contribution in [-0.4, -0.2) is 58.4 Å². The maximum absolute atomic E-state index is 12.7. The van der Waals surface area contributed by atoms with Crippen LogP contribution >= 0.6 is 0 Å². The van der Waals surface area contributed by atoms with Crippen molar-refractivity contribution in [3.63, 3.8) is 0 Å². The molecular formula is C21H30F2N2O5S. The number of nitrogens with one attached hydrogen (secondary N) is 2. The van der Waals surface area contributed by atoms with E-state index in [9.17, 15) is 22.0 Å². The van der Waals surface area contributed by atoms with Crippen LogP contribution in [0.25, 0.3) is 0 Å². The molecule has 1 aliphatic heterocycles. The lowest BCUT2D eigenvalue weighted by molar-refractivity contribution is -0.109. The zero-order valence-corrected chi connectivity index (χ0v) is 18.2. The minimum Gasteiger partial charge on any atom is -0.486 e. The van der Waals surface area contributed by atoms with E-state index in [-0.39, 0.29) is 25.4 Å². The number of alkyl halides is 2. The van der Waals surface area contributed by atoms with Gasteiger partial charge in [-0.15, -0.1) is 0 Å². The zero-order valence-electron chi connectivity index (χ0n) is 17.3. The summed E-state index contributed by atoms with van der Waals surface area (Å²) in [6, 6.07) is 6.80. The predicted molar refractivity (Wildman–Crippen MR) is 112 cm³/mol. The number of hydrogen-bond acceptors (Lipinski definition) is 6. The van der Waals surface area contributed by atoms with Gasteiger partial charge in [0, 0.05) is 12.1 Å². The van der Waals surface area contributed by atoms with Gasteiger partial charge in [0.15, 0.2) is 6.29 Å². The van der Waals surface area contributed by atoms with Crippen molar-refractivity contribution >= 4 is 16.3 Å². The molecule has 2 atom stereocenters. The fourth-order valence-electron chi connectivity index (χ4n) is 4.38. The van der Waals surface area contributed by atoms with E-state index in [4.69, 9.17) is 9.47 Å². The summed E-state index contributed by atoms with van der Waals surface area (Å²) in [6.45, 7) is 0.996. The Kier molecular flexibility index (Phi) is 8.76. The van der Waals surface area contributed by atoms with Crippen LogP contribution in [0.15, 0.2) is 24.3 Å². The van der Waals surface area contributed by atoms with Crippen LogP contribution in [0, 0.1) is 0 Å². The summed E-state index contributed by atoms with van der Waals surface area (Å²) in [5, 5.41) is 3.19. The monoisotopic (exact) mass is 460 g/mol. The average molecular weight is 461 g/mol. The van der Waals surface area contributed by atoms with Gasteiger partial charge in [0.2, 0.25) is 0 Å². The second-order valence-corrected chi connectivity index (χ2v) is 9.74. The van der Waals surface area contributed by atoms with Gasteiger partial charge in [0.1, 0.15) is 12.4 Å². The Morgan fingerprint density at radius 2 is 1.90 bits per heavy atom. The maximum atomic E-state index is 12.7. The van der Waals surface area contributed by atoms with Gasteiger partial charge < -0.3 is 14.8 Å². The summed E-state index contributed by atoms with van der Waals surface area (Å²) >= 11 is 0. The van der Waals surface area contributed by atoms with E-state index in [0.717, 1.165) is 43.3 Å². The molecule has 2 aliphatic rings. The maximum Gasteiger partial charge on any atom is 0.350 e. The van der Waals surface area contributed by atoms with Crippen molar-refractivity contribution in [2.75, 3.05) is 19.8 Å². The largest absolute Gasteiger partial charge is 0.486 e. The highest BCUT2D eigenvalue weighted by Crippen LogP contribution is 2.38. The third-order valence-electron chi connectivity index (χ3n) is 5.99. The molecule has 1 aromatic carbocycles. The molecule has 1 heterocycles. The molecule has 0 unspecified atom stereocenters. The Morgan fingerprint density at radius 3 is 2.61 bits per heavy atom. The van der Waals surface area contributed by atoms with E-state index >= 15 is 0 Å². The Morgan fingerprint density at radius 1 is 1.16 bits per heavy atom. The van der Waals surface area contributed by atoms with Crippen molar-refractivity contribution < 1.29 is 31.5 Å². The normalized spacial score (nSPS) is 27.2. The van der Waals surface area contributed by atoms with Gasteiger partial charge in [-0.1, -0.05) is 18.2 Å². The standard InChI is InChI=1S/C21H30F2N2O5S/c22-21(23)31(27,28)25-18-5-3-11-24-19(18)14-30-16-9-7-15(8-10-16)17-4-1-2-6-20(17)29-13-12-26/h1-2,4,6,12,15-16,18-19,21,24-25H,3,5,7-11,13-14H2/t15?,16?,18-,19-/m0/s1. The second kappa shape index (κ2) is 11.3. The van der Waals surface area contributed by atoms with Crippen molar-refractivity contribution in [1.29, 1.82) is 0 Å². The molecule has 1 saturated carbocycles. The summed E-state index contributed by atoms with van der Waals surface area (Å²) < 4.78 is 62.3. The Balaban J connectivity index is 1.50. The van der Waals surface area contributed by atoms with E-state index in [2.05, 4.69) is 10.0 Å². The fraction of sp³-hybridized carbons (Fsp3) is 0.667. The van der Waals surface area contributed by atoms with E-state index in [1.807, 2.05) is 24.3 Å². The van der Waals surface area contributed by atoms with Crippen molar-refractivity contribution in [3.05, 3.63) is 29.8 Å². The lowest BCUT2D eigenvalue weighted by Gasteiger charge is -2.35. The summed E-state index contributed by atoms with van der Waals surface area (Å²) in [4.78, 5) is 10.6. The molecule has 0 spiro atoms. The number of carbonyl (C=O) groups excluding carboxylic acids is 1. The van der Waals surface area contributed by atoms with Gasteiger partial charge in [0.25, 0.3) is 10.0 Å². The highest BCUT2D eigenvalue weighted by Gasteiger charge is 2.34. The second-order valence-electron chi connectivity index (χ2n) is 8.06. The smallest absolute Gasteiger partial charge is 0.350 e. The van der Waals surface area contributed by atoms with Crippen LogP contribution in [0.5, 0.6) is 5.75 Å². The highest BCUT2D eigenvalue weighted by atomic mass is 32.2. The molecule has 0 bridgehead atoms. The van der Waals surface area contributed by atoms with Crippen molar-refractivity contribution in [2.24, 2.45) is 0 Å². The van der Waals surface area contributed by atoms with Crippen LogP contribution in [-0.2, 0) is 19.6 Å². The molecular weight excluding hydrogens is 430 g/mol. The quantitative estimate of drug-likeness (QED) is 0.522. The Labute approximate surface area is 181 Å². The SMILES string of the molecule is O=CCOc1ccccc1C1CCC(OC[C@@H]2NCCC[C@@H]2NS(=O)(=O)C(F)F)CC1. The first kappa shape index (κ1) is 24.0. The van der Waals surface area contributed by atoms with Crippen molar-refractivity contribution in [3.8, 4) is 5.75 Å². The summed E-state index contributed by atoms with van der Waals surface area (Å²) in [7, 11) is -4.64. The van der Waals surface area contributed by atoms with Gasteiger partial charge in [-0.3, -0.25) is 4.79 Å². The van der Waals surface area contributed by atoms with Crippen LogP contribution in [0.3, 0.4) is 0 Å².